The molecule has 0 aliphatic heterocycles. The molecule has 9 nitrogen and oxygen atoms in total. The van der Waals surface area contributed by atoms with Crippen LogP contribution in [-0.4, -0.2) is 44.9 Å². The fourth-order valence-electron chi connectivity index (χ4n) is 3.29. The summed E-state index contributed by atoms with van der Waals surface area (Å²) in [4.78, 5) is 37.1. The summed E-state index contributed by atoms with van der Waals surface area (Å²) in [6, 6.07) is 7.84. The van der Waals surface area contributed by atoms with Crippen LogP contribution < -0.4 is 11.1 Å². The maximum atomic E-state index is 12.7. The van der Waals surface area contributed by atoms with Gasteiger partial charge < -0.3 is 15.8 Å². The Morgan fingerprint density at radius 3 is 2.65 bits per heavy atom. The molecular formula is C23H25N5O4S2. The Labute approximate surface area is 205 Å². The van der Waals surface area contributed by atoms with Gasteiger partial charge in [-0.25, -0.2) is 4.79 Å². The van der Waals surface area contributed by atoms with Gasteiger partial charge in [-0.2, -0.15) is 0 Å². The van der Waals surface area contributed by atoms with Crippen LogP contribution in [0.5, 0.6) is 0 Å². The van der Waals surface area contributed by atoms with Crippen LogP contribution in [0.15, 0.2) is 42.1 Å². The number of ether oxygens (including phenoxy) is 1. The predicted octanol–water partition coefficient (Wildman–Crippen LogP) is 3.82. The van der Waals surface area contributed by atoms with Crippen molar-refractivity contribution in [2.45, 2.75) is 32.5 Å². The number of nitrogens with two attached hydrogens (primary N) is 1. The van der Waals surface area contributed by atoms with Gasteiger partial charge in [0.25, 0.3) is 5.91 Å². The number of nitrogens with zero attached hydrogens (tertiary/aromatic N) is 3. The van der Waals surface area contributed by atoms with Gasteiger partial charge in [0.2, 0.25) is 5.91 Å². The molecule has 0 spiro atoms. The molecule has 0 bridgehead atoms. The van der Waals surface area contributed by atoms with E-state index in [-0.39, 0.29) is 33.7 Å². The predicted molar refractivity (Wildman–Crippen MR) is 133 cm³/mol. The van der Waals surface area contributed by atoms with Crippen molar-refractivity contribution in [3.63, 3.8) is 0 Å². The number of rotatable bonds is 10. The molecule has 0 radical (unpaired) electrons. The number of anilines is 1. The van der Waals surface area contributed by atoms with Gasteiger partial charge in [0, 0.05) is 12.1 Å². The summed E-state index contributed by atoms with van der Waals surface area (Å²) in [5, 5.41) is 12.1. The van der Waals surface area contributed by atoms with Crippen LogP contribution in [0.1, 0.15) is 38.1 Å². The van der Waals surface area contributed by atoms with E-state index in [0.29, 0.717) is 23.1 Å². The minimum Gasteiger partial charge on any atom is -0.462 e. The largest absolute Gasteiger partial charge is 0.462 e. The number of carbonyl (C=O) groups is 3. The molecule has 0 atom stereocenters. The smallest absolute Gasteiger partial charge is 0.341 e. The normalized spacial score (nSPS) is 10.7. The SMILES string of the molecule is C=CCn1c(SCC(=O)Nc2sc(C(N)=O)c(C)c2C(=O)OCC)nnc1-c1ccccc1C. The average Bonchev–Trinajstić information content (AvgIpc) is 3.33. The molecule has 0 saturated heterocycles. The highest BCUT2D eigenvalue weighted by Gasteiger charge is 2.26. The quantitative estimate of drug-likeness (QED) is 0.246. The molecule has 3 rings (SSSR count). The van der Waals surface area contributed by atoms with Crippen molar-refractivity contribution in [2.75, 3.05) is 17.7 Å². The van der Waals surface area contributed by atoms with E-state index in [2.05, 4.69) is 22.1 Å². The van der Waals surface area contributed by atoms with Gasteiger partial charge in [-0.05, 0) is 31.9 Å². The second-order valence-electron chi connectivity index (χ2n) is 7.20. The number of hydrogen-bond acceptors (Lipinski definition) is 8. The molecule has 2 aromatic heterocycles. The molecule has 2 amide bonds. The van der Waals surface area contributed by atoms with Crippen LogP contribution in [0.2, 0.25) is 0 Å². The number of amides is 2. The maximum Gasteiger partial charge on any atom is 0.341 e. The summed E-state index contributed by atoms with van der Waals surface area (Å²) in [6.07, 6.45) is 1.74. The number of thiophene rings is 1. The molecule has 2 heterocycles. The summed E-state index contributed by atoms with van der Waals surface area (Å²) in [5.74, 6) is -0.984. The van der Waals surface area contributed by atoms with Crippen LogP contribution in [0.4, 0.5) is 5.00 Å². The molecule has 0 saturated carbocycles. The summed E-state index contributed by atoms with van der Waals surface area (Å²) >= 11 is 2.15. The van der Waals surface area contributed by atoms with Crippen molar-refractivity contribution in [3.8, 4) is 11.4 Å². The second-order valence-corrected chi connectivity index (χ2v) is 9.17. The zero-order valence-electron chi connectivity index (χ0n) is 19.1. The van der Waals surface area contributed by atoms with E-state index < -0.39 is 11.9 Å². The fraction of sp³-hybridized carbons (Fsp3) is 0.261. The number of aryl methyl sites for hydroxylation is 1. The molecule has 178 valence electrons. The first-order chi connectivity index (χ1) is 16.3. The first-order valence-electron chi connectivity index (χ1n) is 10.4. The number of esters is 1. The lowest BCUT2D eigenvalue weighted by Crippen LogP contribution is -2.17. The van der Waals surface area contributed by atoms with Crippen molar-refractivity contribution in [1.82, 2.24) is 14.8 Å². The Bertz CT molecular complexity index is 1250. The monoisotopic (exact) mass is 499 g/mol. The van der Waals surface area contributed by atoms with E-state index >= 15 is 0 Å². The number of allylic oxidation sites excluding steroid dienone is 1. The number of carbonyl (C=O) groups excluding carboxylic acids is 3. The van der Waals surface area contributed by atoms with E-state index in [1.165, 1.54) is 11.8 Å². The van der Waals surface area contributed by atoms with Crippen LogP contribution in [0.25, 0.3) is 11.4 Å². The van der Waals surface area contributed by atoms with Crippen molar-refractivity contribution in [3.05, 3.63) is 58.5 Å². The van der Waals surface area contributed by atoms with Gasteiger partial charge >= 0.3 is 5.97 Å². The highest BCUT2D eigenvalue weighted by atomic mass is 32.2. The topological polar surface area (TPSA) is 129 Å². The number of benzene rings is 1. The Balaban J connectivity index is 1.80. The molecule has 0 fully saturated rings. The van der Waals surface area contributed by atoms with Gasteiger partial charge in [-0.15, -0.1) is 28.1 Å². The molecule has 0 unspecified atom stereocenters. The Morgan fingerprint density at radius 2 is 2.00 bits per heavy atom. The summed E-state index contributed by atoms with van der Waals surface area (Å²) in [6.45, 7) is 9.70. The Morgan fingerprint density at radius 1 is 1.26 bits per heavy atom. The Hall–Kier alpha value is -3.44. The highest BCUT2D eigenvalue weighted by Crippen LogP contribution is 2.34. The van der Waals surface area contributed by atoms with Gasteiger partial charge in [-0.3, -0.25) is 14.2 Å². The van der Waals surface area contributed by atoms with Crippen LogP contribution in [0, 0.1) is 13.8 Å². The minimum absolute atomic E-state index is 0.00810. The summed E-state index contributed by atoms with van der Waals surface area (Å²) in [5.41, 5.74) is 7.94. The third-order valence-corrected chi connectivity index (χ3v) is 7.04. The highest BCUT2D eigenvalue weighted by molar-refractivity contribution is 7.99. The lowest BCUT2D eigenvalue weighted by molar-refractivity contribution is -0.113. The maximum absolute atomic E-state index is 12.7. The summed E-state index contributed by atoms with van der Waals surface area (Å²) < 4.78 is 6.97. The summed E-state index contributed by atoms with van der Waals surface area (Å²) in [7, 11) is 0. The number of thioether (sulfide) groups is 1. The number of nitrogens with one attached hydrogen (secondary N) is 1. The second kappa shape index (κ2) is 11.1. The van der Waals surface area contributed by atoms with E-state index in [9.17, 15) is 14.4 Å². The van der Waals surface area contributed by atoms with Gasteiger partial charge in [-0.1, -0.05) is 42.1 Å². The van der Waals surface area contributed by atoms with E-state index in [0.717, 1.165) is 22.5 Å². The van der Waals surface area contributed by atoms with Crippen LogP contribution in [0.3, 0.4) is 0 Å². The molecule has 34 heavy (non-hydrogen) atoms. The average molecular weight is 500 g/mol. The van der Waals surface area contributed by atoms with Crippen molar-refractivity contribution < 1.29 is 19.1 Å². The molecule has 3 N–H and O–H groups in total. The van der Waals surface area contributed by atoms with Gasteiger partial charge in [0.1, 0.15) is 5.00 Å². The number of primary amides is 1. The van der Waals surface area contributed by atoms with Gasteiger partial charge in [0.15, 0.2) is 11.0 Å². The van der Waals surface area contributed by atoms with E-state index in [1.54, 1.807) is 19.9 Å². The molecule has 1 aromatic carbocycles. The van der Waals surface area contributed by atoms with E-state index in [4.69, 9.17) is 10.5 Å². The van der Waals surface area contributed by atoms with Crippen LogP contribution in [-0.2, 0) is 16.1 Å². The lowest BCUT2D eigenvalue weighted by Gasteiger charge is -2.10. The molecule has 3 aromatic rings. The first-order valence-corrected chi connectivity index (χ1v) is 12.2. The zero-order chi connectivity index (χ0) is 24.8. The minimum atomic E-state index is -0.677. The van der Waals surface area contributed by atoms with Crippen molar-refractivity contribution in [1.29, 1.82) is 0 Å². The van der Waals surface area contributed by atoms with E-state index in [1.807, 2.05) is 35.8 Å². The standard InChI is InChI=1S/C23H25N5O4S2/c1-5-11-28-20(15-10-8-7-9-13(15)3)26-27-23(28)33-12-16(29)25-21-17(22(31)32-6-2)14(4)18(34-21)19(24)30/h5,7-10H,1,6,11-12H2,2-4H3,(H2,24,30)(H,25,29). The van der Waals surface area contributed by atoms with Gasteiger partial charge in [0.05, 0.1) is 22.8 Å². The molecule has 0 aliphatic rings. The van der Waals surface area contributed by atoms with Crippen molar-refractivity contribution >= 4 is 45.9 Å². The zero-order valence-corrected chi connectivity index (χ0v) is 20.7. The fourth-order valence-corrected chi connectivity index (χ4v) is 5.10. The number of hydrogen-bond donors (Lipinski definition) is 2. The molecule has 0 aliphatic carbocycles. The molecule has 11 heteroatoms. The van der Waals surface area contributed by atoms with Crippen LogP contribution >= 0.6 is 23.1 Å². The third-order valence-electron chi connectivity index (χ3n) is 4.85. The first kappa shape index (κ1) is 25.2. The Kier molecular flexibility index (Phi) is 8.24. The lowest BCUT2D eigenvalue weighted by atomic mass is 10.1. The number of aromatic nitrogens is 3. The van der Waals surface area contributed by atoms with Crippen molar-refractivity contribution in [2.24, 2.45) is 5.73 Å². The third kappa shape index (κ3) is 5.37. The molecular weight excluding hydrogens is 474 g/mol.